The van der Waals surface area contributed by atoms with Crippen LogP contribution in [0.1, 0.15) is 48.0 Å². The molecule has 1 atom stereocenters. The number of rotatable bonds is 12. The van der Waals surface area contributed by atoms with E-state index in [0.29, 0.717) is 24.3 Å². The summed E-state index contributed by atoms with van der Waals surface area (Å²) >= 11 is 3.34. The molecule has 33 heavy (non-hydrogen) atoms. The molecule has 1 aliphatic carbocycles. The van der Waals surface area contributed by atoms with Crippen LogP contribution in [0.3, 0.4) is 0 Å². The van der Waals surface area contributed by atoms with Crippen molar-refractivity contribution in [2.45, 2.75) is 38.7 Å². The average Bonchev–Trinajstić information content (AvgIpc) is 3.34. The van der Waals surface area contributed by atoms with E-state index in [1.807, 2.05) is 36.4 Å². The van der Waals surface area contributed by atoms with E-state index in [-0.39, 0.29) is 31.6 Å². The molecule has 0 heterocycles. The van der Waals surface area contributed by atoms with Crippen molar-refractivity contribution < 1.29 is 19.2 Å². The Bertz CT molecular complexity index is 919. The number of amides is 3. The van der Waals surface area contributed by atoms with E-state index < -0.39 is 5.92 Å². The molecule has 0 radical (unpaired) electrons. The Labute approximate surface area is 203 Å². The molecule has 3 rings (SSSR count). The first-order chi connectivity index (χ1) is 16.0. The molecule has 1 fully saturated rings. The highest BCUT2D eigenvalue weighted by Gasteiger charge is 2.27. The summed E-state index contributed by atoms with van der Waals surface area (Å²) in [5, 5.41) is 6.71. The van der Waals surface area contributed by atoms with Gasteiger partial charge in [-0.05, 0) is 36.1 Å². The Hall–Kier alpha value is -2.71. The second-order valence-corrected chi connectivity index (χ2v) is 9.20. The Morgan fingerprint density at radius 1 is 1.09 bits per heavy atom. The standard InChI is InChI=1S/C25H30BrN3O4/c26-23-12-6-11-21(14-23)24(31)27-17-28-25(32)22(13-19-7-4-5-8-19)15-29(18-30)33-16-20-9-2-1-3-10-20/h1-3,6,9-12,14,18-19,22H,4-5,7-8,13,15-17H2,(H,27,31)(H,28,32)/t22-/m1/s1. The van der Waals surface area contributed by atoms with Gasteiger partial charge in [0.1, 0.15) is 6.61 Å². The maximum Gasteiger partial charge on any atom is 0.252 e. The number of nitrogens with one attached hydrogen (secondary N) is 2. The molecule has 176 valence electrons. The average molecular weight is 516 g/mol. The number of halogens is 1. The van der Waals surface area contributed by atoms with Gasteiger partial charge in [-0.25, -0.2) is 5.06 Å². The van der Waals surface area contributed by atoms with Crippen LogP contribution in [0.4, 0.5) is 0 Å². The van der Waals surface area contributed by atoms with Crippen molar-refractivity contribution in [1.82, 2.24) is 15.7 Å². The van der Waals surface area contributed by atoms with Crippen molar-refractivity contribution in [1.29, 1.82) is 0 Å². The SMILES string of the molecule is O=CN(C[C@@H](CC1CCCC1)C(=O)NCNC(=O)c1cccc(Br)c1)OCc1ccccc1. The van der Waals surface area contributed by atoms with Crippen LogP contribution in [-0.4, -0.2) is 36.5 Å². The predicted octanol–water partition coefficient (Wildman–Crippen LogP) is 4.04. The number of hydrogen-bond donors (Lipinski definition) is 2. The lowest BCUT2D eigenvalue weighted by molar-refractivity contribution is -0.182. The van der Waals surface area contributed by atoms with E-state index in [2.05, 4.69) is 26.6 Å². The molecule has 2 aromatic carbocycles. The normalized spacial score (nSPS) is 14.5. The summed E-state index contributed by atoms with van der Waals surface area (Å²) in [6.07, 6.45) is 5.83. The van der Waals surface area contributed by atoms with Gasteiger partial charge in [0.25, 0.3) is 5.91 Å². The zero-order valence-corrected chi connectivity index (χ0v) is 20.1. The molecule has 2 aromatic rings. The smallest absolute Gasteiger partial charge is 0.252 e. The molecule has 7 nitrogen and oxygen atoms in total. The van der Waals surface area contributed by atoms with Gasteiger partial charge in [0.15, 0.2) is 0 Å². The number of hydrogen-bond acceptors (Lipinski definition) is 4. The topological polar surface area (TPSA) is 87.7 Å². The lowest BCUT2D eigenvalue weighted by atomic mass is 9.92. The van der Waals surface area contributed by atoms with Crippen molar-refractivity contribution in [3.8, 4) is 0 Å². The number of carbonyl (C=O) groups excluding carboxylic acids is 3. The fourth-order valence-corrected chi connectivity index (χ4v) is 4.47. The minimum Gasteiger partial charge on any atom is -0.338 e. The second-order valence-electron chi connectivity index (χ2n) is 8.28. The van der Waals surface area contributed by atoms with Crippen molar-refractivity contribution in [3.63, 3.8) is 0 Å². The van der Waals surface area contributed by atoms with Crippen molar-refractivity contribution in [2.75, 3.05) is 13.2 Å². The maximum absolute atomic E-state index is 13.0. The third-order valence-electron chi connectivity index (χ3n) is 5.82. The number of nitrogens with zero attached hydrogens (tertiary/aromatic N) is 1. The highest BCUT2D eigenvalue weighted by molar-refractivity contribution is 9.10. The van der Waals surface area contributed by atoms with Gasteiger partial charge in [0.2, 0.25) is 12.3 Å². The quantitative estimate of drug-likeness (QED) is 0.253. The van der Waals surface area contributed by atoms with E-state index >= 15 is 0 Å². The summed E-state index contributed by atoms with van der Waals surface area (Å²) < 4.78 is 0.806. The van der Waals surface area contributed by atoms with Gasteiger partial charge in [-0.2, -0.15) is 0 Å². The van der Waals surface area contributed by atoms with Gasteiger partial charge < -0.3 is 10.6 Å². The maximum atomic E-state index is 13.0. The fourth-order valence-electron chi connectivity index (χ4n) is 4.08. The summed E-state index contributed by atoms with van der Waals surface area (Å²) in [5.74, 6) is -0.437. The molecule has 1 aliphatic rings. The van der Waals surface area contributed by atoms with Gasteiger partial charge in [-0.3, -0.25) is 19.2 Å². The van der Waals surface area contributed by atoms with Crippen LogP contribution in [0.2, 0.25) is 0 Å². The molecule has 3 amide bonds. The third-order valence-corrected chi connectivity index (χ3v) is 6.31. The van der Waals surface area contributed by atoms with Crippen LogP contribution < -0.4 is 10.6 Å². The lowest BCUT2D eigenvalue weighted by Gasteiger charge is -2.25. The van der Waals surface area contributed by atoms with Crippen LogP contribution in [0.5, 0.6) is 0 Å². The molecule has 1 saturated carbocycles. The summed E-state index contributed by atoms with van der Waals surface area (Å²) in [5.41, 5.74) is 1.44. The van der Waals surface area contributed by atoms with Crippen LogP contribution in [0.15, 0.2) is 59.1 Å². The second kappa shape index (κ2) is 13.1. The van der Waals surface area contributed by atoms with E-state index in [1.165, 1.54) is 17.9 Å². The van der Waals surface area contributed by atoms with Gasteiger partial charge in [0, 0.05) is 10.0 Å². The zero-order chi connectivity index (χ0) is 23.5. The monoisotopic (exact) mass is 515 g/mol. The summed E-state index contributed by atoms with van der Waals surface area (Å²) in [7, 11) is 0. The van der Waals surface area contributed by atoms with Crippen molar-refractivity contribution in [2.24, 2.45) is 11.8 Å². The molecule has 0 aromatic heterocycles. The van der Waals surface area contributed by atoms with Crippen molar-refractivity contribution in [3.05, 3.63) is 70.2 Å². The van der Waals surface area contributed by atoms with Crippen LogP contribution in [0, 0.1) is 11.8 Å². The van der Waals surface area contributed by atoms with Gasteiger partial charge in [-0.15, -0.1) is 0 Å². The summed E-state index contributed by atoms with van der Waals surface area (Å²) in [6, 6.07) is 16.6. The molecular formula is C25H30BrN3O4. The van der Waals surface area contributed by atoms with E-state index in [1.54, 1.807) is 18.2 Å². The Morgan fingerprint density at radius 2 is 1.85 bits per heavy atom. The number of benzene rings is 2. The summed E-state index contributed by atoms with van der Waals surface area (Å²) in [4.78, 5) is 42.5. The molecule has 8 heteroatoms. The largest absolute Gasteiger partial charge is 0.338 e. The lowest BCUT2D eigenvalue weighted by Crippen LogP contribution is -2.43. The Kier molecular flexibility index (Phi) is 9.90. The van der Waals surface area contributed by atoms with E-state index in [9.17, 15) is 14.4 Å². The molecule has 0 saturated heterocycles. The minimum atomic E-state index is -0.420. The first kappa shape index (κ1) is 24.9. The first-order valence-electron chi connectivity index (χ1n) is 11.3. The summed E-state index contributed by atoms with van der Waals surface area (Å²) in [6.45, 7) is 0.426. The molecule has 0 aliphatic heterocycles. The Balaban J connectivity index is 1.54. The fraction of sp³-hybridized carbons (Fsp3) is 0.400. The minimum absolute atomic E-state index is 0.0112. The molecule has 2 N–H and O–H groups in total. The third kappa shape index (κ3) is 8.29. The highest BCUT2D eigenvalue weighted by Crippen LogP contribution is 2.30. The first-order valence-corrected chi connectivity index (χ1v) is 12.0. The Morgan fingerprint density at radius 3 is 2.55 bits per heavy atom. The van der Waals surface area contributed by atoms with Crippen LogP contribution in [0.25, 0.3) is 0 Å². The van der Waals surface area contributed by atoms with Crippen LogP contribution >= 0.6 is 15.9 Å². The zero-order valence-electron chi connectivity index (χ0n) is 18.5. The van der Waals surface area contributed by atoms with Crippen molar-refractivity contribution >= 4 is 34.2 Å². The van der Waals surface area contributed by atoms with Gasteiger partial charge >= 0.3 is 0 Å². The molecule has 0 spiro atoms. The molecule has 0 unspecified atom stereocenters. The number of hydroxylamine groups is 2. The van der Waals surface area contributed by atoms with Crippen LogP contribution in [-0.2, 0) is 21.0 Å². The molecule has 0 bridgehead atoms. The van der Waals surface area contributed by atoms with Gasteiger partial charge in [0.05, 0.1) is 19.1 Å². The number of carbonyl (C=O) groups is 3. The van der Waals surface area contributed by atoms with Gasteiger partial charge in [-0.1, -0.05) is 78.0 Å². The predicted molar refractivity (Wildman–Crippen MR) is 129 cm³/mol. The van der Waals surface area contributed by atoms with E-state index in [0.717, 1.165) is 22.9 Å². The highest BCUT2D eigenvalue weighted by atomic mass is 79.9. The van der Waals surface area contributed by atoms with E-state index in [4.69, 9.17) is 4.84 Å². The molecular weight excluding hydrogens is 486 g/mol.